The number of allylic oxidation sites excluding steroid dienone is 11. The standard InChI is InChI=1S/C29H38/c1-10-25(29(8,9)27-18-15-22(3)16-19-27)20-23(4)24(5)28(6,7)26-13-11-12-21(2)14-17-26/h10-12,14-20H,1,13H2,2-9H3/b24-23+,25-20+. The summed E-state index contributed by atoms with van der Waals surface area (Å²) in [5, 5.41) is 0. The Bertz CT molecular complexity index is 903. The van der Waals surface area contributed by atoms with Crippen molar-refractivity contribution in [3.8, 4) is 0 Å². The van der Waals surface area contributed by atoms with Crippen LogP contribution in [0.3, 0.4) is 0 Å². The third-order valence-electron chi connectivity index (χ3n) is 6.68. The van der Waals surface area contributed by atoms with E-state index < -0.39 is 0 Å². The van der Waals surface area contributed by atoms with E-state index in [4.69, 9.17) is 0 Å². The fourth-order valence-electron chi connectivity index (χ4n) is 3.90. The average Bonchev–Trinajstić information content (AvgIpc) is 2.90. The van der Waals surface area contributed by atoms with Crippen molar-refractivity contribution in [1.29, 1.82) is 0 Å². The molecule has 0 saturated heterocycles. The Morgan fingerprint density at radius 2 is 1.55 bits per heavy atom. The molecule has 0 saturated carbocycles. The van der Waals surface area contributed by atoms with E-state index in [0.717, 1.165) is 6.42 Å². The Morgan fingerprint density at radius 3 is 2.14 bits per heavy atom. The van der Waals surface area contributed by atoms with Gasteiger partial charge in [0.05, 0.1) is 0 Å². The summed E-state index contributed by atoms with van der Waals surface area (Å²) in [6.45, 7) is 22.2. The minimum Gasteiger partial charge on any atom is -0.0988 e. The first-order valence-corrected chi connectivity index (χ1v) is 10.6. The van der Waals surface area contributed by atoms with Crippen LogP contribution in [-0.2, 0) is 5.41 Å². The number of benzene rings is 1. The largest absolute Gasteiger partial charge is 0.0988 e. The van der Waals surface area contributed by atoms with E-state index in [1.54, 1.807) is 0 Å². The highest BCUT2D eigenvalue weighted by atomic mass is 14.3. The van der Waals surface area contributed by atoms with Gasteiger partial charge >= 0.3 is 0 Å². The van der Waals surface area contributed by atoms with Crippen LogP contribution >= 0.6 is 0 Å². The van der Waals surface area contributed by atoms with Crippen LogP contribution in [0.1, 0.15) is 66.0 Å². The van der Waals surface area contributed by atoms with Crippen molar-refractivity contribution in [2.75, 3.05) is 0 Å². The maximum absolute atomic E-state index is 4.14. The highest BCUT2D eigenvalue weighted by Crippen LogP contribution is 2.40. The maximum atomic E-state index is 4.14. The lowest BCUT2D eigenvalue weighted by Gasteiger charge is -2.31. The van der Waals surface area contributed by atoms with E-state index in [0.29, 0.717) is 0 Å². The van der Waals surface area contributed by atoms with E-state index in [-0.39, 0.29) is 10.8 Å². The van der Waals surface area contributed by atoms with E-state index in [2.05, 4.69) is 117 Å². The molecular weight excluding hydrogens is 348 g/mol. The van der Waals surface area contributed by atoms with Gasteiger partial charge in [-0.1, -0.05) is 123 Å². The van der Waals surface area contributed by atoms with Crippen LogP contribution in [0.4, 0.5) is 0 Å². The van der Waals surface area contributed by atoms with Gasteiger partial charge in [-0.3, -0.25) is 0 Å². The fourth-order valence-corrected chi connectivity index (χ4v) is 3.90. The first-order chi connectivity index (χ1) is 13.5. The van der Waals surface area contributed by atoms with Gasteiger partial charge in [-0.2, -0.15) is 0 Å². The molecule has 0 atom stereocenters. The summed E-state index contributed by atoms with van der Waals surface area (Å²) in [6.07, 6.45) is 14.4. The van der Waals surface area contributed by atoms with Gasteiger partial charge in [0.25, 0.3) is 0 Å². The predicted molar refractivity (Wildman–Crippen MR) is 130 cm³/mol. The molecule has 1 aliphatic carbocycles. The van der Waals surface area contributed by atoms with Crippen molar-refractivity contribution >= 4 is 0 Å². The SMILES string of the molecule is C=C/C(=C\C(C)=C(/C)C(C)(C)C1=CC=C(C)C=CC1)C(C)(C)c1ccc(C)cc1. The number of aryl methyl sites for hydroxylation is 1. The van der Waals surface area contributed by atoms with Crippen molar-refractivity contribution in [3.05, 3.63) is 106 Å². The van der Waals surface area contributed by atoms with Gasteiger partial charge in [0.2, 0.25) is 0 Å². The highest BCUT2D eigenvalue weighted by Gasteiger charge is 2.27. The molecule has 0 radical (unpaired) electrons. The molecule has 0 aliphatic heterocycles. The molecule has 1 aliphatic rings. The Morgan fingerprint density at radius 1 is 0.931 bits per heavy atom. The third-order valence-corrected chi connectivity index (χ3v) is 6.68. The monoisotopic (exact) mass is 386 g/mol. The maximum Gasteiger partial charge on any atom is 0.0146 e. The molecule has 2 rings (SSSR count). The third kappa shape index (κ3) is 5.18. The number of rotatable bonds is 6. The van der Waals surface area contributed by atoms with E-state index >= 15 is 0 Å². The van der Waals surface area contributed by atoms with Crippen molar-refractivity contribution < 1.29 is 0 Å². The van der Waals surface area contributed by atoms with Gasteiger partial charge in [-0.05, 0) is 45.3 Å². The fraction of sp³-hybridized carbons (Fsp3) is 0.379. The lowest BCUT2D eigenvalue weighted by molar-refractivity contribution is 0.523. The van der Waals surface area contributed by atoms with Crippen LogP contribution in [0, 0.1) is 12.3 Å². The predicted octanol–water partition coefficient (Wildman–Crippen LogP) is 8.58. The molecule has 1 aromatic carbocycles. The van der Waals surface area contributed by atoms with Gasteiger partial charge in [0.1, 0.15) is 0 Å². The van der Waals surface area contributed by atoms with Gasteiger partial charge in [0, 0.05) is 10.8 Å². The van der Waals surface area contributed by atoms with Crippen LogP contribution < -0.4 is 0 Å². The lowest BCUT2D eigenvalue weighted by atomic mass is 9.73. The topological polar surface area (TPSA) is 0 Å². The molecule has 154 valence electrons. The normalized spacial score (nSPS) is 16.6. The van der Waals surface area contributed by atoms with Gasteiger partial charge in [-0.15, -0.1) is 0 Å². The van der Waals surface area contributed by atoms with Crippen molar-refractivity contribution in [2.45, 2.75) is 67.2 Å². The van der Waals surface area contributed by atoms with E-state index in [1.807, 2.05) is 6.08 Å². The summed E-state index contributed by atoms with van der Waals surface area (Å²) < 4.78 is 0. The molecular formula is C29H38. The zero-order chi connectivity index (χ0) is 21.8. The van der Waals surface area contributed by atoms with E-state index in [9.17, 15) is 0 Å². The van der Waals surface area contributed by atoms with Gasteiger partial charge in [0.15, 0.2) is 0 Å². The number of hydrogen-bond donors (Lipinski definition) is 0. The Hall–Kier alpha value is -2.34. The van der Waals surface area contributed by atoms with Gasteiger partial charge < -0.3 is 0 Å². The quantitative estimate of drug-likeness (QED) is 0.429. The molecule has 0 spiro atoms. The van der Waals surface area contributed by atoms with Crippen molar-refractivity contribution in [3.63, 3.8) is 0 Å². The molecule has 0 N–H and O–H groups in total. The van der Waals surface area contributed by atoms with E-state index in [1.165, 1.54) is 39.0 Å². The zero-order valence-corrected chi connectivity index (χ0v) is 19.7. The number of hydrogen-bond acceptors (Lipinski definition) is 0. The minimum absolute atomic E-state index is 0.00627. The lowest BCUT2D eigenvalue weighted by Crippen LogP contribution is -2.20. The molecule has 0 heterocycles. The van der Waals surface area contributed by atoms with Crippen molar-refractivity contribution in [1.82, 2.24) is 0 Å². The second kappa shape index (κ2) is 8.99. The molecule has 0 aromatic heterocycles. The molecule has 0 fully saturated rings. The summed E-state index contributed by atoms with van der Waals surface area (Å²) in [5.74, 6) is 0. The summed E-state index contributed by atoms with van der Waals surface area (Å²) in [7, 11) is 0. The summed E-state index contributed by atoms with van der Waals surface area (Å²) in [6, 6.07) is 8.85. The Labute approximate surface area is 179 Å². The second-order valence-corrected chi connectivity index (χ2v) is 9.44. The van der Waals surface area contributed by atoms with Crippen LogP contribution in [-0.4, -0.2) is 0 Å². The molecule has 1 aromatic rings. The highest BCUT2D eigenvalue weighted by molar-refractivity contribution is 5.46. The summed E-state index contributed by atoms with van der Waals surface area (Å²) >= 11 is 0. The molecule has 29 heavy (non-hydrogen) atoms. The van der Waals surface area contributed by atoms with Gasteiger partial charge in [-0.25, -0.2) is 0 Å². The van der Waals surface area contributed by atoms with Crippen molar-refractivity contribution in [2.24, 2.45) is 5.41 Å². The average molecular weight is 387 g/mol. The Balaban J connectivity index is 2.46. The molecule has 0 bridgehead atoms. The smallest absolute Gasteiger partial charge is 0.0146 e. The molecule has 0 unspecified atom stereocenters. The summed E-state index contributed by atoms with van der Waals surface area (Å²) in [5.41, 5.74) is 9.26. The molecule has 0 heteroatoms. The second-order valence-electron chi connectivity index (χ2n) is 9.44. The first-order valence-electron chi connectivity index (χ1n) is 10.6. The summed E-state index contributed by atoms with van der Waals surface area (Å²) in [4.78, 5) is 0. The van der Waals surface area contributed by atoms with Crippen LogP contribution in [0.25, 0.3) is 0 Å². The zero-order valence-electron chi connectivity index (χ0n) is 19.7. The van der Waals surface area contributed by atoms with Crippen LogP contribution in [0.5, 0.6) is 0 Å². The minimum atomic E-state index is -0.0920. The van der Waals surface area contributed by atoms with Crippen LogP contribution in [0.15, 0.2) is 95.2 Å². The first kappa shape index (κ1) is 22.9. The Kier molecular flexibility index (Phi) is 7.11. The van der Waals surface area contributed by atoms with Crippen LogP contribution in [0.2, 0.25) is 0 Å². The molecule has 0 amide bonds. The molecule has 0 nitrogen and oxygen atoms in total.